The molecule has 108 valence electrons. The summed E-state index contributed by atoms with van der Waals surface area (Å²) in [7, 11) is 4.04. The van der Waals surface area contributed by atoms with Gasteiger partial charge in [-0.2, -0.15) is 4.98 Å². The molecule has 6 nitrogen and oxygen atoms in total. The molecule has 1 aromatic rings. The summed E-state index contributed by atoms with van der Waals surface area (Å²) in [6.45, 7) is 6.74. The van der Waals surface area contributed by atoms with E-state index in [1.807, 2.05) is 7.05 Å². The second-order valence-electron chi connectivity index (χ2n) is 5.20. The first-order chi connectivity index (χ1) is 9.15. The van der Waals surface area contributed by atoms with Crippen LogP contribution in [0.15, 0.2) is 4.52 Å². The molecule has 2 rings (SSSR count). The summed E-state index contributed by atoms with van der Waals surface area (Å²) in [4.78, 5) is 6.73. The highest BCUT2D eigenvalue weighted by molar-refractivity contribution is 5.00. The fourth-order valence-corrected chi connectivity index (χ4v) is 2.48. The van der Waals surface area contributed by atoms with Gasteiger partial charge in [-0.05, 0) is 20.5 Å². The van der Waals surface area contributed by atoms with Gasteiger partial charge in [0.2, 0.25) is 11.7 Å². The minimum atomic E-state index is -0.0712. The first kappa shape index (κ1) is 14.4. The molecule has 0 saturated carbocycles. The zero-order chi connectivity index (χ0) is 13.8. The molecule has 1 aliphatic rings. The van der Waals surface area contributed by atoms with Crippen molar-refractivity contribution >= 4 is 0 Å². The van der Waals surface area contributed by atoms with Crippen LogP contribution < -0.4 is 5.32 Å². The summed E-state index contributed by atoms with van der Waals surface area (Å²) < 4.78 is 11.1. The molecule has 1 saturated heterocycles. The van der Waals surface area contributed by atoms with Crippen LogP contribution in [-0.2, 0) is 4.74 Å². The Labute approximate surface area is 114 Å². The Kier molecular flexibility index (Phi) is 4.90. The minimum absolute atomic E-state index is 0.0712. The van der Waals surface area contributed by atoms with Crippen LogP contribution in [0.25, 0.3) is 0 Å². The molecule has 1 aliphatic heterocycles. The highest BCUT2D eigenvalue weighted by Gasteiger charge is 2.27. The Bertz CT molecular complexity index is 375. The van der Waals surface area contributed by atoms with Crippen LogP contribution in [0.4, 0.5) is 0 Å². The van der Waals surface area contributed by atoms with E-state index in [4.69, 9.17) is 9.26 Å². The quantitative estimate of drug-likeness (QED) is 0.865. The van der Waals surface area contributed by atoms with Crippen LogP contribution in [0, 0.1) is 0 Å². The number of rotatable bonds is 5. The van der Waals surface area contributed by atoms with Gasteiger partial charge in [0.05, 0.1) is 12.5 Å². The van der Waals surface area contributed by atoms with Crippen molar-refractivity contribution in [1.29, 1.82) is 0 Å². The largest absolute Gasteiger partial charge is 0.367 e. The number of hydrogen-bond acceptors (Lipinski definition) is 6. The molecule has 19 heavy (non-hydrogen) atoms. The van der Waals surface area contributed by atoms with Crippen molar-refractivity contribution in [3.63, 3.8) is 0 Å². The maximum atomic E-state index is 5.70. The summed E-state index contributed by atoms with van der Waals surface area (Å²) in [5, 5.41) is 7.36. The molecule has 2 heterocycles. The van der Waals surface area contributed by atoms with Gasteiger partial charge in [-0.15, -0.1) is 0 Å². The summed E-state index contributed by atoms with van der Waals surface area (Å²) in [5.41, 5.74) is 0. The molecule has 3 unspecified atom stereocenters. The minimum Gasteiger partial charge on any atom is -0.367 e. The van der Waals surface area contributed by atoms with Crippen molar-refractivity contribution in [2.75, 3.05) is 33.8 Å². The number of nitrogens with zero attached hydrogens (tertiary/aromatic N) is 3. The Balaban J connectivity index is 2.05. The average Bonchev–Trinajstić information content (AvgIpc) is 2.89. The monoisotopic (exact) mass is 268 g/mol. The lowest BCUT2D eigenvalue weighted by atomic mass is 10.00. The summed E-state index contributed by atoms with van der Waals surface area (Å²) >= 11 is 0. The van der Waals surface area contributed by atoms with Gasteiger partial charge in [-0.1, -0.05) is 19.0 Å². The first-order valence-electron chi connectivity index (χ1n) is 6.96. The number of nitrogens with one attached hydrogen (secondary N) is 1. The zero-order valence-electron chi connectivity index (χ0n) is 12.2. The normalized spacial score (nSPS) is 24.3. The predicted molar refractivity (Wildman–Crippen MR) is 72.0 cm³/mol. The van der Waals surface area contributed by atoms with Crippen LogP contribution in [0.2, 0.25) is 0 Å². The van der Waals surface area contributed by atoms with E-state index in [1.165, 1.54) is 0 Å². The van der Waals surface area contributed by atoms with Crippen LogP contribution in [0.1, 0.15) is 44.0 Å². The molecule has 1 N–H and O–H groups in total. The Morgan fingerprint density at radius 3 is 2.95 bits per heavy atom. The second-order valence-corrected chi connectivity index (χ2v) is 5.20. The number of morpholine rings is 1. The number of hydrogen-bond donors (Lipinski definition) is 1. The molecule has 1 fully saturated rings. The van der Waals surface area contributed by atoms with E-state index in [0.717, 1.165) is 19.5 Å². The number of likely N-dealkylation sites (N-methyl/N-ethyl adjacent to an activating group) is 2. The SMILES string of the molecule is CCC(NC)C(C)c1nc(C2CN(C)CCO2)no1. The van der Waals surface area contributed by atoms with Crippen molar-refractivity contribution in [1.82, 2.24) is 20.4 Å². The maximum Gasteiger partial charge on any atom is 0.231 e. The standard InChI is InChI=1S/C13H24N4O2/c1-5-10(14-3)9(2)13-15-12(16-19-13)11-8-17(4)6-7-18-11/h9-11,14H,5-8H2,1-4H3. The van der Waals surface area contributed by atoms with Crippen LogP contribution >= 0.6 is 0 Å². The summed E-state index contributed by atoms with van der Waals surface area (Å²) in [6, 6.07) is 0.350. The fourth-order valence-electron chi connectivity index (χ4n) is 2.48. The van der Waals surface area contributed by atoms with E-state index >= 15 is 0 Å². The molecule has 3 atom stereocenters. The van der Waals surface area contributed by atoms with Crippen molar-refractivity contribution in [2.45, 2.75) is 38.3 Å². The molecule has 6 heteroatoms. The third-order valence-corrected chi connectivity index (χ3v) is 3.82. The van der Waals surface area contributed by atoms with Gasteiger partial charge in [-0.3, -0.25) is 0 Å². The predicted octanol–water partition coefficient (Wildman–Crippen LogP) is 1.17. The van der Waals surface area contributed by atoms with E-state index in [0.29, 0.717) is 24.4 Å². The zero-order valence-corrected chi connectivity index (χ0v) is 12.2. The molecule has 0 spiro atoms. The lowest BCUT2D eigenvalue weighted by Gasteiger charge is -2.27. The van der Waals surface area contributed by atoms with Gasteiger partial charge < -0.3 is 19.5 Å². The third-order valence-electron chi connectivity index (χ3n) is 3.82. The fraction of sp³-hybridized carbons (Fsp3) is 0.846. The Hall–Kier alpha value is -0.980. The number of ether oxygens (including phenoxy) is 1. The van der Waals surface area contributed by atoms with E-state index < -0.39 is 0 Å². The topological polar surface area (TPSA) is 63.4 Å². The van der Waals surface area contributed by atoms with E-state index in [-0.39, 0.29) is 12.0 Å². The molecule has 0 bridgehead atoms. The molecule has 0 amide bonds. The van der Waals surface area contributed by atoms with Crippen molar-refractivity contribution in [2.24, 2.45) is 0 Å². The van der Waals surface area contributed by atoms with Gasteiger partial charge >= 0.3 is 0 Å². The average molecular weight is 268 g/mol. The van der Waals surface area contributed by atoms with E-state index in [1.54, 1.807) is 0 Å². The van der Waals surface area contributed by atoms with Gasteiger partial charge in [0, 0.05) is 19.1 Å². The molecular weight excluding hydrogens is 244 g/mol. The van der Waals surface area contributed by atoms with Crippen LogP contribution in [-0.4, -0.2) is 54.9 Å². The molecule has 1 aromatic heterocycles. The maximum absolute atomic E-state index is 5.70. The smallest absolute Gasteiger partial charge is 0.231 e. The van der Waals surface area contributed by atoms with E-state index in [2.05, 4.69) is 41.3 Å². The van der Waals surface area contributed by atoms with Crippen LogP contribution in [0.5, 0.6) is 0 Å². The van der Waals surface area contributed by atoms with Gasteiger partial charge in [-0.25, -0.2) is 0 Å². The number of aromatic nitrogens is 2. The second kappa shape index (κ2) is 6.45. The third kappa shape index (κ3) is 3.32. The summed E-state index contributed by atoms with van der Waals surface area (Å²) in [6.07, 6.45) is 0.955. The van der Waals surface area contributed by atoms with Gasteiger partial charge in [0.1, 0.15) is 6.10 Å². The molecular formula is C13H24N4O2. The molecule has 0 radical (unpaired) electrons. The van der Waals surface area contributed by atoms with Gasteiger partial charge in [0.25, 0.3) is 0 Å². The van der Waals surface area contributed by atoms with Gasteiger partial charge in [0.15, 0.2) is 0 Å². The Morgan fingerprint density at radius 1 is 1.53 bits per heavy atom. The molecule has 0 aromatic carbocycles. The Morgan fingerprint density at radius 2 is 2.32 bits per heavy atom. The van der Waals surface area contributed by atoms with Crippen LogP contribution in [0.3, 0.4) is 0 Å². The highest BCUT2D eigenvalue weighted by atomic mass is 16.5. The first-order valence-corrected chi connectivity index (χ1v) is 6.96. The molecule has 0 aliphatic carbocycles. The lowest BCUT2D eigenvalue weighted by Crippen LogP contribution is -2.35. The lowest BCUT2D eigenvalue weighted by molar-refractivity contribution is -0.0264. The van der Waals surface area contributed by atoms with Crippen molar-refractivity contribution in [3.8, 4) is 0 Å². The van der Waals surface area contributed by atoms with E-state index in [9.17, 15) is 0 Å². The van der Waals surface area contributed by atoms with Crippen molar-refractivity contribution < 1.29 is 9.26 Å². The summed E-state index contributed by atoms with van der Waals surface area (Å²) in [5.74, 6) is 1.56. The highest BCUT2D eigenvalue weighted by Crippen LogP contribution is 2.23. The van der Waals surface area contributed by atoms with Crippen molar-refractivity contribution in [3.05, 3.63) is 11.7 Å².